The van der Waals surface area contributed by atoms with Gasteiger partial charge in [-0.25, -0.2) is 4.57 Å². The second kappa shape index (κ2) is 52.9. The highest BCUT2D eigenvalue weighted by Crippen LogP contribution is 2.49. The van der Waals surface area contributed by atoms with E-state index in [1.54, 1.807) is 0 Å². The number of hydrogen-bond donors (Lipinski definition) is 11. The van der Waals surface area contributed by atoms with Gasteiger partial charge in [0.15, 0.2) is 18.7 Å². The summed E-state index contributed by atoms with van der Waals surface area (Å²) in [5.41, 5.74) is 0. The van der Waals surface area contributed by atoms with Crippen LogP contribution < -0.4 is 0 Å². The van der Waals surface area contributed by atoms with E-state index in [0.717, 1.165) is 89.9 Å². The highest BCUT2D eigenvalue weighted by Gasteiger charge is 2.58. The molecule has 0 aromatic carbocycles. The summed E-state index contributed by atoms with van der Waals surface area (Å²) < 4.78 is 65.0. The molecule has 24 nitrogen and oxygen atoms in total. The standard InChI is InChI=1S/C70H131O24P/c1-4-7-10-13-16-19-22-25-26-28-30-33-35-38-41-44-54(72)86-48-51(89-56(74)46-43-40-37-34-31-27-23-20-17-14-11-8-5-2)49-88-95(84,85)94-68-66(92-69-64(82)59(77)57(75)52(47-71)90-69)62(80)61(79)63(81)67(68)93-70-65(83)60(78)58(76)53(91-70)50-87-55(73)45-42-39-36-32-29-24-21-18-15-12-9-6-3/h51-53,57-71,75-83H,4-50H2,1-3H3,(H,84,85). The van der Waals surface area contributed by atoms with E-state index in [0.29, 0.717) is 19.3 Å². The van der Waals surface area contributed by atoms with E-state index < -0.39 is 156 Å². The maximum Gasteiger partial charge on any atom is 0.472 e. The first-order valence-electron chi connectivity index (χ1n) is 37.3. The molecule has 0 aromatic heterocycles. The molecule has 0 amide bonds. The number of carbonyl (C=O) groups excluding carboxylic acids is 3. The molecule has 0 spiro atoms. The van der Waals surface area contributed by atoms with E-state index >= 15 is 0 Å². The summed E-state index contributed by atoms with van der Waals surface area (Å²) in [6.45, 7) is 3.45. The van der Waals surface area contributed by atoms with Gasteiger partial charge in [0.1, 0.15) is 98.7 Å². The maximum absolute atomic E-state index is 14.3. The van der Waals surface area contributed by atoms with Crippen LogP contribution in [0.2, 0.25) is 0 Å². The number of phosphoric ester groups is 1. The van der Waals surface area contributed by atoms with Crippen molar-refractivity contribution < 1.29 is 117 Å². The van der Waals surface area contributed by atoms with Crippen molar-refractivity contribution in [3.8, 4) is 0 Å². The van der Waals surface area contributed by atoms with Gasteiger partial charge in [-0.05, 0) is 19.3 Å². The van der Waals surface area contributed by atoms with E-state index in [1.165, 1.54) is 148 Å². The molecule has 0 aromatic rings. The van der Waals surface area contributed by atoms with Crippen LogP contribution in [-0.4, -0.2) is 204 Å². The molecule has 0 bridgehead atoms. The molecule has 560 valence electrons. The second-order valence-corrected chi connectivity index (χ2v) is 28.4. The topological polar surface area (TPSA) is 374 Å². The van der Waals surface area contributed by atoms with Gasteiger partial charge in [-0.3, -0.25) is 23.4 Å². The van der Waals surface area contributed by atoms with Crippen LogP contribution in [0.3, 0.4) is 0 Å². The molecular weight excluding hydrogens is 1260 g/mol. The summed E-state index contributed by atoms with van der Waals surface area (Å²) in [6, 6.07) is 0. The van der Waals surface area contributed by atoms with Gasteiger partial charge >= 0.3 is 25.7 Å². The van der Waals surface area contributed by atoms with E-state index in [9.17, 15) is 74.9 Å². The fourth-order valence-corrected chi connectivity index (χ4v) is 13.5. The van der Waals surface area contributed by atoms with E-state index in [-0.39, 0.29) is 19.3 Å². The van der Waals surface area contributed by atoms with E-state index in [4.69, 9.17) is 42.2 Å². The third-order valence-electron chi connectivity index (χ3n) is 18.6. The molecule has 3 rings (SSSR count). The van der Waals surface area contributed by atoms with Gasteiger partial charge in [-0.2, -0.15) is 0 Å². The number of unbranched alkanes of at least 4 members (excludes halogenated alkanes) is 37. The zero-order chi connectivity index (χ0) is 69.6. The molecule has 11 N–H and O–H groups in total. The molecule has 3 aliphatic rings. The number of aliphatic hydroxyl groups is 10. The maximum atomic E-state index is 14.3. The third-order valence-corrected chi connectivity index (χ3v) is 19.6. The Hall–Kier alpha value is -2.04. The fraction of sp³-hybridized carbons (Fsp3) is 0.957. The Morgan fingerprint density at radius 3 is 1.03 bits per heavy atom. The molecule has 95 heavy (non-hydrogen) atoms. The number of ether oxygens (including phenoxy) is 7. The molecule has 2 saturated heterocycles. The summed E-state index contributed by atoms with van der Waals surface area (Å²) in [6.07, 6.45) is 8.92. The van der Waals surface area contributed by atoms with Gasteiger partial charge in [0.05, 0.1) is 13.2 Å². The summed E-state index contributed by atoms with van der Waals surface area (Å²) in [4.78, 5) is 50.9. The van der Waals surface area contributed by atoms with Gasteiger partial charge in [-0.1, -0.05) is 258 Å². The normalized spacial score (nSPS) is 28.1. The highest BCUT2D eigenvalue weighted by atomic mass is 31.2. The van der Waals surface area contributed by atoms with Gasteiger partial charge in [0, 0.05) is 19.3 Å². The predicted molar refractivity (Wildman–Crippen MR) is 356 cm³/mol. The van der Waals surface area contributed by atoms with Gasteiger partial charge in [0.25, 0.3) is 0 Å². The van der Waals surface area contributed by atoms with Crippen molar-refractivity contribution in [3.63, 3.8) is 0 Å². The summed E-state index contributed by atoms with van der Waals surface area (Å²) in [5.74, 6) is -1.97. The van der Waals surface area contributed by atoms with Crippen molar-refractivity contribution in [2.45, 2.75) is 401 Å². The lowest BCUT2D eigenvalue weighted by Gasteiger charge is -2.49. The van der Waals surface area contributed by atoms with Crippen LogP contribution >= 0.6 is 7.82 Å². The molecule has 3 fully saturated rings. The Balaban J connectivity index is 1.74. The van der Waals surface area contributed by atoms with E-state index in [2.05, 4.69) is 20.8 Å². The van der Waals surface area contributed by atoms with Gasteiger partial charge < -0.3 is 89.1 Å². The van der Waals surface area contributed by atoms with Crippen molar-refractivity contribution in [1.29, 1.82) is 0 Å². The SMILES string of the molecule is CCCCCCCCCCCCCCCCCC(=O)OCC(COP(=O)(O)OC1C(OC2OC(CO)C(O)C(O)C2O)C(O)C(O)C(O)C1OC1OC(COC(=O)CCCCCCCCCCCCCC)C(O)C(O)C1O)OC(=O)CCCCCCCCCCCCCCC. The highest BCUT2D eigenvalue weighted by molar-refractivity contribution is 7.47. The Kier molecular flexibility index (Phi) is 48.5. The molecule has 0 radical (unpaired) electrons. The first kappa shape index (κ1) is 87.2. The molecule has 2 aliphatic heterocycles. The largest absolute Gasteiger partial charge is 0.472 e. The number of aliphatic hydroxyl groups excluding tert-OH is 10. The first-order valence-corrected chi connectivity index (χ1v) is 38.8. The van der Waals surface area contributed by atoms with Crippen LogP contribution in [0.1, 0.15) is 297 Å². The van der Waals surface area contributed by atoms with Crippen LogP contribution in [0, 0.1) is 0 Å². The van der Waals surface area contributed by atoms with Crippen LogP contribution in [0.5, 0.6) is 0 Å². The Labute approximate surface area is 568 Å². The lowest BCUT2D eigenvalue weighted by Crippen LogP contribution is -2.69. The molecule has 18 unspecified atom stereocenters. The quantitative estimate of drug-likeness (QED) is 0.0117. The predicted octanol–water partition coefficient (Wildman–Crippen LogP) is 9.80. The summed E-state index contributed by atoms with van der Waals surface area (Å²) >= 11 is 0. The van der Waals surface area contributed by atoms with Crippen molar-refractivity contribution in [1.82, 2.24) is 0 Å². The monoisotopic (exact) mass is 1390 g/mol. The number of carbonyl (C=O) groups is 3. The van der Waals surface area contributed by atoms with Crippen LogP contribution in [0.15, 0.2) is 0 Å². The third kappa shape index (κ3) is 36.4. The average molecular weight is 1390 g/mol. The Bertz CT molecular complexity index is 1980. The fourth-order valence-electron chi connectivity index (χ4n) is 12.5. The van der Waals surface area contributed by atoms with Crippen molar-refractivity contribution in [3.05, 3.63) is 0 Å². The Morgan fingerprint density at radius 1 is 0.368 bits per heavy atom. The number of phosphoric acid groups is 1. The number of esters is 3. The summed E-state index contributed by atoms with van der Waals surface area (Å²) in [7, 11) is -5.69. The minimum absolute atomic E-state index is 0.0331. The molecular formula is C70H131O24P. The smallest absolute Gasteiger partial charge is 0.463 e. The lowest BCUT2D eigenvalue weighted by atomic mass is 9.84. The number of rotatable bonds is 58. The Morgan fingerprint density at radius 2 is 0.674 bits per heavy atom. The average Bonchev–Trinajstić information content (AvgIpc) is 0.771. The van der Waals surface area contributed by atoms with Crippen molar-refractivity contribution in [2.24, 2.45) is 0 Å². The molecule has 2 heterocycles. The van der Waals surface area contributed by atoms with Gasteiger partial charge in [-0.15, -0.1) is 0 Å². The van der Waals surface area contributed by atoms with E-state index in [1.807, 2.05) is 0 Å². The van der Waals surface area contributed by atoms with Crippen LogP contribution in [-0.2, 0) is 61.2 Å². The molecule has 1 aliphatic carbocycles. The van der Waals surface area contributed by atoms with Gasteiger partial charge in [0.2, 0.25) is 0 Å². The molecule has 25 heteroatoms. The zero-order valence-electron chi connectivity index (χ0n) is 58.2. The van der Waals surface area contributed by atoms with Crippen LogP contribution in [0.25, 0.3) is 0 Å². The summed E-state index contributed by atoms with van der Waals surface area (Å²) in [5, 5.41) is 110. The minimum atomic E-state index is -5.69. The second-order valence-electron chi connectivity index (χ2n) is 27.0. The van der Waals surface area contributed by atoms with Crippen LogP contribution in [0.4, 0.5) is 0 Å². The lowest BCUT2D eigenvalue weighted by molar-refractivity contribution is -0.360. The zero-order valence-corrected chi connectivity index (χ0v) is 59.1. The minimum Gasteiger partial charge on any atom is -0.463 e. The van der Waals surface area contributed by atoms with Crippen molar-refractivity contribution >= 4 is 25.7 Å². The first-order chi connectivity index (χ1) is 45.8. The number of hydrogen-bond acceptors (Lipinski definition) is 23. The van der Waals surface area contributed by atoms with Crippen molar-refractivity contribution in [2.75, 3.05) is 26.4 Å². The molecule has 18 atom stereocenters. The molecule has 1 saturated carbocycles.